The molecule has 160 valence electrons. The first-order valence-electron chi connectivity index (χ1n) is 10.6. The van der Waals surface area contributed by atoms with Gasteiger partial charge in [0.2, 0.25) is 11.8 Å². The summed E-state index contributed by atoms with van der Waals surface area (Å²) in [6.45, 7) is 5.21. The maximum atomic E-state index is 13.2. The molecule has 1 N–H and O–H groups in total. The Morgan fingerprint density at radius 1 is 1.30 bits per heavy atom. The van der Waals surface area contributed by atoms with E-state index in [2.05, 4.69) is 16.5 Å². The summed E-state index contributed by atoms with van der Waals surface area (Å²) in [6, 6.07) is 9.96. The molecule has 0 aliphatic carbocycles. The number of aromatic nitrogens is 2. The number of benzene rings is 1. The zero-order chi connectivity index (χ0) is 21.3. The molecule has 7 nitrogen and oxygen atoms in total. The van der Waals surface area contributed by atoms with Crippen molar-refractivity contribution in [3.05, 3.63) is 47.3 Å². The first-order valence-corrected chi connectivity index (χ1v) is 10.6. The van der Waals surface area contributed by atoms with E-state index < -0.39 is 5.54 Å². The van der Waals surface area contributed by atoms with Crippen LogP contribution < -0.4 is 10.1 Å². The minimum Gasteiger partial charge on any atom is -0.497 e. The van der Waals surface area contributed by atoms with Gasteiger partial charge in [-0.2, -0.15) is 5.10 Å². The Morgan fingerprint density at radius 2 is 2.13 bits per heavy atom. The van der Waals surface area contributed by atoms with Crippen molar-refractivity contribution in [2.75, 3.05) is 20.2 Å². The van der Waals surface area contributed by atoms with Crippen LogP contribution in [0.1, 0.15) is 48.6 Å². The highest BCUT2D eigenvalue weighted by Crippen LogP contribution is 2.41. The fourth-order valence-electron chi connectivity index (χ4n) is 4.95. The fraction of sp³-hybridized carbons (Fsp3) is 0.522. The molecule has 0 bridgehead atoms. The van der Waals surface area contributed by atoms with E-state index in [9.17, 15) is 9.59 Å². The lowest BCUT2D eigenvalue weighted by Gasteiger charge is -2.34. The maximum absolute atomic E-state index is 13.2. The standard InChI is InChI=1S/C23H30N4O3/c1-16-11-17(2)27(25-16)14-22(29)26-13-20(18-7-6-8-19(12-18)30-3)23(15-26)10-5-4-9-21(28)24-23/h6-8,11-12,20H,4-5,9-10,13-15H2,1-3H3,(H,24,28)/t20-,23+/m0/s1. The van der Waals surface area contributed by atoms with Crippen LogP contribution in [0, 0.1) is 13.8 Å². The van der Waals surface area contributed by atoms with Crippen molar-refractivity contribution in [1.82, 2.24) is 20.0 Å². The number of ether oxygens (including phenoxy) is 1. The second-order valence-corrected chi connectivity index (χ2v) is 8.60. The molecular weight excluding hydrogens is 380 g/mol. The summed E-state index contributed by atoms with van der Waals surface area (Å²) in [7, 11) is 1.65. The van der Waals surface area contributed by atoms with Gasteiger partial charge in [-0.25, -0.2) is 0 Å². The summed E-state index contributed by atoms with van der Waals surface area (Å²) in [5.41, 5.74) is 2.54. The highest BCUT2D eigenvalue weighted by Gasteiger charge is 2.49. The second kappa shape index (κ2) is 8.13. The smallest absolute Gasteiger partial charge is 0.244 e. The Morgan fingerprint density at radius 3 is 2.87 bits per heavy atom. The number of hydrogen-bond acceptors (Lipinski definition) is 4. The maximum Gasteiger partial charge on any atom is 0.244 e. The Kier molecular flexibility index (Phi) is 5.54. The lowest BCUT2D eigenvalue weighted by Crippen LogP contribution is -2.53. The van der Waals surface area contributed by atoms with E-state index in [1.807, 2.05) is 43.0 Å². The molecule has 2 aromatic rings. The van der Waals surface area contributed by atoms with Crippen LogP contribution in [0.4, 0.5) is 0 Å². The zero-order valence-electron chi connectivity index (χ0n) is 18.0. The molecule has 1 aromatic heterocycles. The summed E-state index contributed by atoms with van der Waals surface area (Å²) >= 11 is 0. The zero-order valence-corrected chi connectivity index (χ0v) is 18.0. The third kappa shape index (κ3) is 3.93. The average molecular weight is 411 g/mol. The molecule has 30 heavy (non-hydrogen) atoms. The SMILES string of the molecule is COc1cccc([C@@H]2CN(C(=O)Cn3nc(C)cc3C)C[C@]23CCCCC(=O)N3)c1. The predicted octanol–water partition coefficient (Wildman–Crippen LogP) is 2.56. The van der Waals surface area contributed by atoms with Crippen molar-refractivity contribution in [2.24, 2.45) is 0 Å². The first kappa shape index (κ1) is 20.4. The van der Waals surface area contributed by atoms with Crippen molar-refractivity contribution in [3.8, 4) is 5.75 Å². The molecule has 3 heterocycles. The third-order valence-electron chi connectivity index (χ3n) is 6.45. The number of likely N-dealkylation sites (tertiary alicyclic amines) is 1. The highest BCUT2D eigenvalue weighted by atomic mass is 16.5. The van der Waals surface area contributed by atoms with E-state index in [4.69, 9.17) is 4.74 Å². The van der Waals surface area contributed by atoms with Crippen LogP contribution in [0.25, 0.3) is 0 Å². The number of nitrogens with zero attached hydrogens (tertiary/aromatic N) is 3. The Balaban J connectivity index is 1.64. The molecule has 2 atom stereocenters. The number of methoxy groups -OCH3 is 1. The molecule has 1 aromatic carbocycles. The average Bonchev–Trinajstić information content (AvgIpc) is 3.17. The van der Waals surface area contributed by atoms with Crippen LogP contribution in [0.2, 0.25) is 0 Å². The van der Waals surface area contributed by atoms with Gasteiger partial charge < -0.3 is 15.0 Å². The number of amides is 2. The Bertz CT molecular complexity index is 954. The molecule has 1 spiro atoms. The van der Waals surface area contributed by atoms with E-state index >= 15 is 0 Å². The minimum atomic E-state index is -0.440. The van der Waals surface area contributed by atoms with Gasteiger partial charge in [0.15, 0.2) is 0 Å². The highest BCUT2D eigenvalue weighted by molar-refractivity contribution is 5.79. The van der Waals surface area contributed by atoms with Crippen molar-refractivity contribution >= 4 is 11.8 Å². The van der Waals surface area contributed by atoms with Crippen LogP contribution in [-0.4, -0.2) is 52.2 Å². The second-order valence-electron chi connectivity index (χ2n) is 8.60. The molecule has 0 saturated carbocycles. The summed E-state index contributed by atoms with van der Waals surface area (Å²) in [5, 5.41) is 7.74. The molecule has 2 amide bonds. The monoisotopic (exact) mass is 410 g/mol. The van der Waals surface area contributed by atoms with Gasteiger partial charge in [-0.3, -0.25) is 14.3 Å². The van der Waals surface area contributed by atoms with Gasteiger partial charge in [0.05, 0.1) is 18.3 Å². The van der Waals surface area contributed by atoms with E-state index in [0.717, 1.165) is 42.0 Å². The summed E-state index contributed by atoms with van der Waals surface area (Å²) < 4.78 is 7.18. The third-order valence-corrected chi connectivity index (χ3v) is 6.45. The van der Waals surface area contributed by atoms with Gasteiger partial charge in [-0.1, -0.05) is 18.6 Å². The molecule has 4 rings (SSSR count). The molecular formula is C23H30N4O3. The first-order chi connectivity index (χ1) is 14.4. The molecule has 7 heteroatoms. The quantitative estimate of drug-likeness (QED) is 0.841. The Hall–Kier alpha value is -2.83. The van der Waals surface area contributed by atoms with Crippen LogP contribution in [-0.2, 0) is 16.1 Å². The van der Waals surface area contributed by atoms with E-state index in [-0.39, 0.29) is 24.3 Å². The van der Waals surface area contributed by atoms with Crippen molar-refractivity contribution < 1.29 is 14.3 Å². The number of carbonyl (C=O) groups excluding carboxylic acids is 2. The fourth-order valence-corrected chi connectivity index (χ4v) is 4.95. The predicted molar refractivity (Wildman–Crippen MR) is 113 cm³/mol. The van der Waals surface area contributed by atoms with Crippen LogP contribution in [0.5, 0.6) is 5.75 Å². The molecule has 2 saturated heterocycles. The molecule has 0 unspecified atom stereocenters. The topological polar surface area (TPSA) is 76.5 Å². The minimum absolute atomic E-state index is 0.0269. The van der Waals surface area contributed by atoms with Gasteiger partial charge in [0, 0.05) is 31.1 Å². The summed E-state index contributed by atoms with van der Waals surface area (Å²) in [5.74, 6) is 0.923. The van der Waals surface area contributed by atoms with Gasteiger partial charge in [0.25, 0.3) is 0 Å². The Labute approximate surface area is 177 Å². The number of nitrogens with one attached hydrogen (secondary N) is 1. The molecule has 2 aliphatic heterocycles. The van der Waals surface area contributed by atoms with Gasteiger partial charge >= 0.3 is 0 Å². The molecule has 2 fully saturated rings. The van der Waals surface area contributed by atoms with Crippen molar-refractivity contribution in [1.29, 1.82) is 0 Å². The summed E-state index contributed by atoms with van der Waals surface area (Å²) in [6.07, 6.45) is 3.27. The van der Waals surface area contributed by atoms with Gasteiger partial charge in [-0.05, 0) is 50.5 Å². The van der Waals surface area contributed by atoms with Crippen LogP contribution in [0.15, 0.2) is 30.3 Å². The van der Waals surface area contributed by atoms with Crippen LogP contribution in [0.3, 0.4) is 0 Å². The lowest BCUT2D eigenvalue weighted by atomic mass is 9.79. The van der Waals surface area contributed by atoms with Crippen molar-refractivity contribution in [2.45, 2.75) is 57.5 Å². The molecule has 2 aliphatic rings. The van der Waals surface area contributed by atoms with Crippen LogP contribution >= 0.6 is 0 Å². The normalized spacial score (nSPS) is 24.0. The molecule has 0 radical (unpaired) electrons. The lowest BCUT2D eigenvalue weighted by molar-refractivity contribution is -0.131. The number of rotatable bonds is 4. The number of hydrogen-bond donors (Lipinski definition) is 1. The van der Waals surface area contributed by atoms with E-state index in [0.29, 0.717) is 19.5 Å². The van der Waals surface area contributed by atoms with Gasteiger partial charge in [-0.15, -0.1) is 0 Å². The number of carbonyl (C=O) groups is 2. The number of aryl methyl sites for hydroxylation is 2. The van der Waals surface area contributed by atoms with E-state index in [1.54, 1.807) is 11.8 Å². The summed E-state index contributed by atoms with van der Waals surface area (Å²) in [4.78, 5) is 27.6. The largest absolute Gasteiger partial charge is 0.497 e. The van der Waals surface area contributed by atoms with Crippen molar-refractivity contribution in [3.63, 3.8) is 0 Å². The van der Waals surface area contributed by atoms with Gasteiger partial charge in [0.1, 0.15) is 12.3 Å². The van der Waals surface area contributed by atoms with E-state index in [1.165, 1.54) is 0 Å².